The van der Waals surface area contributed by atoms with Crippen LogP contribution in [0.1, 0.15) is 0 Å². The van der Waals surface area contributed by atoms with Crippen LogP contribution in [0, 0.1) is 0 Å². The highest BCUT2D eigenvalue weighted by Gasteiger charge is 1.99. The van der Waals surface area contributed by atoms with E-state index in [1.54, 1.807) is 0 Å². The van der Waals surface area contributed by atoms with Gasteiger partial charge in [-0.2, -0.15) is 0 Å². The third kappa shape index (κ3) is 1.32. The van der Waals surface area contributed by atoms with Crippen LogP contribution in [0.4, 0.5) is 5.69 Å². The van der Waals surface area contributed by atoms with E-state index in [0.29, 0.717) is 0 Å². The summed E-state index contributed by atoms with van der Waals surface area (Å²) in [7, 11) is 0. The molecule has 0 aromatic heterocycles. The van der Waals surface area contributed by atoms with Crippen molar-refractivity contribution in [2.24, 2.45) is 0 Å². The van der Waals surface area contributed by atoms with Gasteiger partial charge in [-0.25, -0.2) is 0 Å². The Morgan fingerprint density at radius 3 is 2.50 bits per heavy atom. The van der Waals surface area contributed by atoms with Crippen molar-refractivity contribution in [2.75, 3.05) is 5.01 Å². The minimum atomic E-state index is 1.14. The molecular weight excluding hydrogens is 148 g/mol. The lowest BCUT2D eigenvalue weighted by Crippen LogP contribution is -2.29. The monoisotopic (exact) mass is 158 g/mol. The number of nitrogens with one attached hydrogen (secondary N) is 1. The Hall–Kier alpha value is -1.70. The average Bonchev–Trinajstić information content (AvgIpc) is 2.21. The van der Waals surface area contributed by atoms with Gasteiger partial charge >= 0.3 is 0 Å². The van der Waals surface area contributed by atoms with Crippen molar-refractivity contribution < 1.29 is 0 Å². The van der Waals surface area contributed by atoms with E-state index < -0.39 is 0 Å². The Balaban J connectivity index is 2.21. The molecule has 1 N–H and O–H groups in total. The Bertz CT molecular complexity index is 301. The number of benzene rings is 1. The van der Waals surface area contributed by atoms with Gasteiger partial charge in [-0.15, -0.1) is 0 Å². The predicted octanol–water partition coefficient (Wildman–Crippen LogP) is 2.04. The van der Waals surface area contributed by atoms with Crippen molar-refractivity contribution in [1.82, 2.24) is 5.43 Å². The topological polar surface area (TPSA) is 15.3 Å². The first-order valence-electron chi connectivity index (χ1n) is 3.90. The van der Waals surface area contributed by atoms with Gasteiger partial charge in [0, 0.05) is 12.4 Å². The van der Waals surface area contributed by atoms with E-state index in [4.69, 9.17) is 0 Å². The predicted molar refractivity (Wildman–Crippen MR) is 50.3 cm³/mol. The van der Waals surface area contributed by atoms with Crippen molar-refractivity contribution in [3.05, 3.63) is 54.9 Å². The standard InChI is InChI=1S/C10H10N2/c1-2-6-10(7-3-1)12-9-5-4-8-11-12/h1-9,11H. The molecule has 2 rings (SSSR count). The number of hydrogen-bond donors (Lipinski definition) is 1. The van der Waals surface area contributed by atoms with Crippen molar-refractivity contribution in [2.45, 2.75) is 0 Å². The molecule has 0 aliphatic carbocycles. The van der Waals surface area contributed by atoms with Gasteiger partial charge < -0.3 is 5.43 Å². The van der Waals surface area contributed by atoms with Crippen molar-refractivity contribution in [3.63, 3.8) is 0 Å². The van der Waals surface area contributed by atoms with Gasteiger partial charge in [0.25, 0.3) is 0 Å². The molecule has 0 unspecified atom stereocenters. The van der Waals surface area contributed by atoms with Crippen LogP contribution in [0.2, 0.25) is 0 Å². The summed E-state index contributed by atoms with van der Waals surface area (Å²) >= 11 is 0. The molecule has 0 atom stereocenters. The van der Waals surface area contributed by atoms with Crippen LogP contribution in [-0.4, -0.2) is 0 Å². The Morgan fingerprint density at radius 1 is 1.00 bits per heavy atom. The minimum Gasteiger partial charge on any atom is -0.302 e. The summed E-state index contributed by atoms with van der Waals surface area (Å²) in [6, 6.07) is 10.1. The summed E-state index contributed by atoms with van der Waals surface area (Å²) in [5.41, 5.74) is 4.24. The molecule has 1 aromatic rings. The number of hydrazine groups is 1. The second-order valence-corrected chi connectivity index (χ2v) is 2.54. The zero-order chi connectivity index (χ0) is 8.23. The zero-order valence-electron chi connectivity index (χ0n) is 6.64. The fourth-order valence-electron chi connectivity index (χ4n) is 1.11. The lowest BCUT2D eigenvalue weighted by molar-refractivity contribution is 0.868. The maximum Gasteiger partial charge on any atom is 0.0623 e. The molecule has 2 heteroatoms. The quantitative estimate of drug-likeness (QED) is 0.672. The molecule has 2 nitrogen and oxygen atoms in total. The fourth-order valence-corrected chi connectivity index (χ4v) is 1.11. The molecule has 0 fully saturated rings. The Kier molecular flexibility index (Phi) is 1.82. The molecule has 0 radical (unpaired) electrons. The van der Waals surface area contributed by atoms with Crippen LogP contribution >= 0.6 is 0 Å². The Morgan fingerprint density at radius 2 is 1.83 bits per heavy atom. The largest absolute Gasteiger partial charge is 0.302 e. The van der Waals surface area contributed by atoms with Crippen LogP contribution in [0.15, 0.2) is 54.9 Å². The number of allylic oxidation sites excluding steroid dienone is 2. The molecule has 1 heterocycles. The third-order valence-corrected chi connectivity index (χ3v) is 1.69. The second-order valence-electron chi connectivity index (χ2n) is 2.54. The summed E-state index contributed by atoms with van der Waals surface area (Å²) in [4.78, 5) is 0. The highest BCUT2D eigenvalue weighted by molar-refractivity contribution is 5.48. The SMILES string of the molecule is C1=CNN(c2ccccc2)C=C1. The van der Waals surface area contributed by atoms with Gasteiger partial charge in [0.1, 0.15) is 0 Å². The van der Waals surface area contributed by atoms with Gasteiger partial charge in [0.05, 0.1) is 5.69 Å². The number of hydrogen-bond acceptors (Lipinski definition) is 2. The maximum atomic E-state index is 3.10. The summed E-state index contributed by atoms with van der Waals surface area (Å²) in [6.45, 7) is 0. The van der Waals surface area contributed by atoms with Gasteiger partial charge in [-0.05, 0) is 24.3 Å². The van der Waals surface area contributed by atoms with Crippen LogP contribution in [-0.2, 0) is 0 Å². The molecule has 0 amide bonds. The molecular formula is C10H10N2. The second kappa shape index (κ2) is 3.13. The highest BCUT2D eigenvalue weighted by Crippen LogP contribution is 2.12. The van der Waals surface area contributed by atoms with E-state index in [2.05, 4.69) is 17.6 Å². The molecule has 0 spiro atoms. The molecule has 12 heavy (non-hydrogen) atoms. The lowest BCUT2D eigenvalue weighted by Gasteiger charge is -2.21. The first kappa shape index (κ1) is 6.98. The van der Waals surface area contributed by atoms with E-state index in [1.807, 2.05) is 47.8 Å². The lowest BCUT2D eigenvalue weighted by atomic mass is 10.3. The van der Waals surface area contributed by atoms with Crippen molar-refractivity contribution in [3.8, 4) is 0 Å². The summed E-state index contributed by atoms with van der Waals surface area (Å²) in [5.74, 6) is 0. The third-order valence-electron chi connectivity index (χ3n) is 1.69. The smallest absolute Gasteiger partial charge is 0.0623 e. The molecule has 1 aliphatic heterocycles. The van der Waals surface area contributed by atoms with E-state index in [-0.39, 0.29) is 0 Å². The first-order valence-corrected chi connectivity index (χ1v) is 3.90. The highest BCUT2D eigenvalue weighted by atomic mass is 15.5. The van der Waals surface area contributed by atoms with Gasteiger partial charge in [0.15, 0.2) is 0 Å². The number of nitrogens with zero attached hydrogens (tertiary/aromatic N) is 1. The van der Waals surface area contributed by atoms with E-state index in [9.17, 15) is 0 Å². The first-order chi connectivity index (χ1) is 5.97. The molecule has 1 aromatic carbocycles. The Labute approximate surface area is 71.8 Å². The molecule has 0 bridgehead atoms. The summed E-state index contributed by atoms with van der Waals surface area (Å²) in [5, 5.41) is 1.96. The zero-order valence-corrected chi connectivity index (χ0v) is 6.64. The van der Waals surface area contributed by atoms with E-state index >= 15 is 0 Å². The molecule has 60 valence electrons. The normalized spacial score (nSPS) is 14.5. The molecule has 0 saturated carbocycles. The summed E-state index contributed by atoms with van der Waals surface area (Å²) in [6.07, 6.45) is 7.82. The van der Waals surface area contributed by atoms with Crippen LogP contribution in [0.25, 0.3) is 0 Å². The van der Waals surface area contributed by atoms with Crippen LogP contribution in [0.3, 0.4) is 0 Å². The number of para-hydroxylation sites is 1. The van der Waals surface area contributed by atoms with Crippen molar-refractivity contribution >= 4 is 5.69 Å². The number of anilines is 1. The van der Waals surface area contributed by atoms with Crippen molar-refractivity contribution in [1.29, 1.82) is 0 Å². The maximum absolute atomic E-state index is 3.10. The van der Waals surface area contributed by atoms with Gasteiger partial charge in [-0.1, -0.05) is 18.2 Å². The van der Waals surface area contributed by atoms with Crippen LogP contribution in [0.5, 0.6) is 0 Å². The summed E-state index contributed by atoms with van der Waals surface area (Å²) < 4.78 is 0. The van der Waals surface area contributed by atoms with E-state index in [1.165, 1.54) is 0 Å². The fraction of sp³-hybridized carbons (Fsp3) is 0. The van der Waals surface area contributed by atoms with Gasteiger partial charge in [0.2, 0.25) is 0 Å². The molecule has 0 saturated heterocycles. The van der Waals surface area contributed by atoms with Crippen LogP contribution < -0.4 is 10.4 Å². The minimum absolute atomic E-state index is 1.14. The van der Waals surface area contributed by atoms with Gasteiger partial charge in [-0.3, -0.25) is 5.01 Å². The average molecular weight is 158 g/mol. The van der Waals surface area contributed by atoms with E-state index in [0.717, 1.165) is 5.69 Å². The number of rotatable bonds is 1. The molecule has 1 aliphatic rings.